The van der Waals surface area contributed by atoms with E-state index in [-0.39, 0.29) is 5.41 Å². The minimum Gasteiger partial charge on any atom is -0.447 e. The van der Waals surface area contributed by atoms with E-state index in [4.69, 9.17) is 4.74 Å². The molecule has 32 heavy (non-hydrogen) atoms. The molecule has 0 amide bonds. The Kier molecular flexibility index (Phi) is 5.14. The van der Waals surface area contributed by atoms with Gasteiger partial charge in [0.1, 0.15) is 5.75 Å². The number of nitrogens with zero attached hydrogens (tertiary/aromatic N) is 3. The number of benzene rings is 2. The Labute approximate surface area is 193 Å². The summed E-state index contributed by atoms with van der Waals surface area (Å²) in [5.74, 6) is 0.839. The van der Waals surface area contributed by atoms with Crippen molar-refractivity contribution >= 4 is 27.1 Å². The van der Waals surface area contributed by atoms with Crippen molar-refractivity contribution in [3.63, 3.8) is 0 Å². The van der Waals surface area contributed by atoms with Gasteiger partial charge >= 0.3 is 0 Å². The molecule has 2 aromatic heterocycles. The zero-order chi connectivity index (χ0) is 22.3. The largest absolute Gasteiger partial charge is 0.447 e. The SMILES string of the molecule is CN1C=CN(c2cccc(Oc3cc4c(-c5cc(C(C)(C)C)ccn5)cccc4s3)c2)C1. The molecule has 0 saturated heterocycles. The number of thiophene rings is 1. The first-order valence-corrected chi connectivity index (χ1v) is 11.6. The standard InChI is InChI=1S/C27H27N3OS/c1-27(2,3)19-11-12-28-24(15-19)22-9-6-10-25-23(22)17-26(32-25)31-21-8-5-7-20(16-21)30-14-13-29(4)18-30/h5-17H,18H2,1-4H3. The molecule has 5 heteroatoms. The highest BCUT2D eigenvalue weighted by Gasteiger charge is 2.17. The number of hydrogen-bond acceptors (Lipinski definition) is 5. The Balaban J connectivity index is 1.46. The quantitative estimate of drug-likeness (QED) is 0.334. The van der Waals surface area contributed by atoms with E-state index >= 15 is 0 Å². The van der Waals surface area contributed by atoms with Crippen molar-refractivity contribution in [3.05, 3.63) is 84.8 Å². The van der Waals surface area contributed by atoms with E-state index < -0.39 is 0 Å². The van der Waals surface area contributed by atoms with Gasteiger partial charge in [0.15, 0.2) is 5.06 Å². The van der Waals surface area contributed by atoms with E-state index in [0.717, 1.165) is 34.4 Å². The second-order valence-electron chi connectivity index (χ2n) is 9.23. The van der Waals surface area contributed by atoms with Crippen molar-refractivity contribution in [3.8, 4) is 22.1 Å². The van der Waals surface area contributed by atoms with Crippen molar-refractivity contribution in [2.75, 3.05) is 18.6 Å². The van der Waals surface area contributed by atoms with Crippen molar-refractivity contribution in [1.82, 2.24) is 9.88 Å². The van der Waals surface area contributed by atoms with Gasteiger partial charge in [-0.25, -0.2) is 0 Å². The van der Waals surface area contributed by atoms with Crippen LogP contribution in [0.5, 0.6) is 10.8 Å². The second-order valence-corrected chi connectivity index (χ2v) is 10.3. The molecule has 0 N–H and O–H groups in total. The number of rotatable bonds is 4. The summed E-state index contributed by atoms with van der Waals surface area (Å²) in [6.45, 7) is 7.53. The number of ether oxygens (including phenoxy) is 1. The Morgan fingerprint density at radius 1 is 0.969 bits per heavy atom. The molecule has 0 saturated carbocycles. The summed E-state index contributed by atoms with van der Waals surface area (Å²) in [6, 6.07) is 21.1. The normalized spacial score (nSPS) is 13.9. The lowest BCUT2D eigenvalue weighted by molar-refractivity contribution is 0.490. The zero-order valence-corrected chi connectivity index (χ0v) is 19.7. The van der Waals surface area contributed by atoms with Gasteiger partial charge in [0.2, 0.25) is 0 Å². The van der Waals surface area contributed by atoms with Gasteiger partial charge in [-0.3, -0.25) is 4.98 Å². The molecule has 0 aliphatic carbocycles. The summed E-state index contributed by atoms with van der Waals surface area (Å²) in [6.07, 6.45) is 6.07. The molecule has 0 radical (unpaired) electrons. The Bertz CT molecular complexity index is 1300. The smallest absolute Gasteiger partial charge is 0.182 e. The van der Waals surface area contributed by atoms with Gasteiger partial charge in [-0.15, -0.1) is 0 Å². The highest BCUT2D eigenvalue weighted by Crippen LogP contribution is 2.40. The van der Waals surface area contributed by atoms with Gasteiger partial charge in [-0.2, -0.15) is 0 Å². The molecule has 1 aliphatic heterocycles. The molecular formula is C27H27N3OS. The highest BCUT2D eigenvalue weighted by molar-refractivity contribution is 7.20. The third-order valence-electron chi connectivity index (χ3n) is 5.69. The predicted molar refractivity (Wildman–Crippen MR) is 135 cm³/mol. The lowest BCUT2D eigenvalue weighted by atomic mass is 9.87. The van der Waals surface area contributed by atoms with Crippen LogP contribution in [0.4, 0.5) is 5.69 Å². The molecular weight excluding hydrogens is 414 g/mol. The van der Waals surface area contributed by atoms with Crippen molar-refractivity contribution < 1.29 is 4.74 Å². The minimum absolute atomic E-state index is 0.0822. The molecule has 4 aromatic rings. The van der Waals surface area contributed by atoms with Crippen LogP contribution in [-0.2, 0) is 5.41 Å². The molecule has 162 valence electrons. The van der Waals surface area contributed by atoms with E-state index in [1.165, 1.54) is 15.6 Å². The number of fused-ring (bicyclic) bond motifs is 1. The molecule has 0 fully saturated rings. The van der Waals surface area contributed by atoms with Crippen molar-refractivity contribution in [2.45, 2.75) is 26.2 Å². The summed E-state index contributed by atoms with van der Waals surface area (Å²) in [5.41, 5.74) is 4.62. The van der Waals surface area contributed by atoms with E-state index in [2.05, 4.69) is 104 Å². The summed E-state index contributed by atoms with van der Waals surface area (Å²) in [7, 11) is 2.07. The summed E-state index contributed by atoms with van der Waals surface area (Å²) < 4.78 is 7.49. The molecule has 0 atom stereocenters. The van der Waals surface area contributed by atoms with Gasteiger partial charge in [-0.1, -0.05) is 50.3 Å². The average molecular weight is 442 g/mol. The van der Waals surface area contributed by atoms with Crippen molar-refractivity contribution in [2.24, 2.45) is 0 Å². The number of hydrogen-bond donors (Lipinski definition) is 0. The van der Waals surface area contributed by atoms with E-state index in [0.29, 0.717) is 0 Å². The second kappa shape index (κ2) is 7.99. The fraction of sp³-hybridized carbons (Fsp3) is 0.222. The Morgan fingerprint density at radius 2 is 1.81 bits per heavy atom. The van der Waals surface area contributed by atoms with Crippen LogP contribution in [0.15, 0.2) is 79.3 Å². The maximum Gasteiger partial charge on any atom is 0.182 e. The molecule has 0 bridgehead atoms. The lowest BCUT2D eigenvalue weighted by Crippen LogP contribution is -2.21. The maximum atomic E-state index is 6.29. The van der Waals surface area contributed by atoms with Gasteiger partial charge in [-0.05, 0) is 41.3 Å². The summed E-state index contributed by atoms with van der Waals surface area (Å²) in [5, 5.41) is 2.05. The first kappa shape index (κ1) is 20.6. The third kappa shape index (κ3) is 4.08. The van der Waals surface area contributed by atoms with Gasteiger partial charge in [0.25, 0.3) is 0 Å². The average Bonchev–Trinajstić information content (AvgIpc) is 3.39. The number of aromatic nitrogens is 1. The van der Waals surface area contributed by atoms with Gasteiger partial charge in [0, 0.05) is 59.1 Å². The fourth-order valence-corrected chi connectivity index (χ4v) is 4.85. The Morgan fingerprint density at radius 3 is 2.59 bits per heavy atom. The summed E-state index contributed by atoms with van der Waals surface area (Å²) in [4.78, 5) is 9.02. The fourth-order valence-electron chi connectivity index (χ4n) is 3.89. The van der Waals surface area contributed by atoms with E-state index in [1.807, 2.05) is 18.3 Å². The van der Waals surface area contributed by atoms with Crippen LogP contribution < -0.4 is 9.64 Å². The van der Waals surface area contributed by atoms with E-state index in [1.54, 1.807) is 11.3 Å². The topological polar surface area (TPSA) is 28.6 Å². The summed E-state index contributed by atoms with van der Waals surface area (Å²) >= 11 is 1.66. The van der Waals surface area contributed by atoms with Crippen LogP contribution >= 0.6 is 11.3 Å². The van der Waals surface area contributed by atoms with E-state index in [9.17, 15) is 0 Å². The van der Waals surface area contributed by atoms with Crippen LogP contribution in [0.25, 0.3) is 21.3 Å². The first-order chi connectivity index (χ1) is 15.4. The predicted octanol–water partition coefficient (Wildman–Crippen LogP) is 7.23. The monoisotopic (exact) mass is 441 g/mol. The minimum atomic E-state index is 0.0822. The Hall–Kier alpha value is -3.31. The zero-order valence-electron chi connectivity index (χ0n) is 18.9. The maximum absolute atomic E-state index is 6.29. The number of anilines is 1. The van der Waals surface area contributed by atoms with Crippen LogP contribution in [0.1, 0.15) is 26.3 Å². The molecule has 5 rings (SSSR count). The van der Waals surface area contributed by atoms with Crippen LogP contribution in [0.2, 0.25) is 0 Å². The van der Waals surface area contributed by atoms with Gasteiger partial charge < -0.3 is 14.5 Å². The van der Waals surface area contributed by atoms with Crippen LogP contribution in [0, 0.1) is 0 Å². The molecule has 0 spiro atoms. The van der Waals surface area contributed by atoms with Crippen LogP contribution in [0.3, 0.4) is 0 Å². The number of pyridine rings is 1. The first-order valence-electron chi connectivity index (χ1n) is 10.8. The van der Waals surface area contributed by atoms with Crippen molar-refractivity contribution in [1.29, 1.82) is 0 Å². The highest BCUT2D eigenvalue weighted by atomic mass is 32.1. The van der Waals surface area contributed by atoms with Gasteiger partial charge in [0.05, 0.1) is 12.4 Å². The third-order valence-corrected chi connectivity index (χ3v) is 6.66. The molecule has 0 unspecified atom stereocenters. The van der Waals surface area contributed by atoms with Crippen LogP contribution in [-0.4, -0.2) is 23.6 Å². The lowest BCUT2D eigenvalue weighted by Gasteiger charge is -2.19. The molecule has 1 aliphatic rings. The molecule has 2 aromatic carbocycles. The molecule has 4 nitrogen and oxygen atoms in total. The molecule has 3 heterocycles.